The molecular formula is C22H19ClF3NO4. The molecule has 164 valence electrons. The average molecular weight is 454 g/mol. The zero-order chi connectivity index (χ0) is 22.8. The summed E-state index contributed by atoms with van der Waals surface area (Å²) in [6, 6.07) is 8.90. The van der Waals surface area contributed by atoms with Crippen molar-refractivity contribution in [2.75, 3.05) is 13.2 Å². The number of alkyl halides is 3. The molecule has 0 atom stereocenters. The Labute approximate surface area is 180 Å². The van der Waals surface area contributed by atoms with Gasteiger partial charge in [-0.3, -0.25) is 9.59 Å². The molecule has 5 nitrogen and oxygen atoms in total. The summed E-state index contributed by atoms with van der Waals surface area (Å²) < 4.78 is 40.3. The lowest BCUT2D eigenvalue weighted by Gasteiger charge is -2.16. The number of ketones is 1. The van der Waals surface area contributed by atoms with Gasteiger partial charge < -0.3 is 14.8 Å². The van der Waals surface area contributed by atoms with Crippen molar-refractivity contribution < 1.29 is 28.2 Å². The van der Waals surface area contributed by atoms with Crippen LogP contribution in [0.3, 0.4) is 0 Å². The normalized spacial score (nSPS) is 12.0. The third kappa shape index (κ3) is 4.81. The number of fused-ring (bicyclic) bond motifs is 1. The summed E-state index contributed by atoms with van der Waals surface area (Å²) in [5, 5.41) is 18.9. The second kappa shape index (κ2) is 9.21. The van der Waals surface area contributed by atoms with E-state index in [1.165, 1.54) is 29.0 Å². The molecule has 1 aromatic heterocycles. The van der Waals surface area contributed by atoms with Crippen molar-refractivity contribution in [2.45, 2.75) is 25.1 Å². The van der Waals surface area contributed by atoms with Gasteiger partial charge in [0.05, 0.1) is 29.8 Å². The van der Waals surface area contributed by atoms with Gasteiger partial charge in [0.2, 0.25) is 0 Å². The van der Waals surface area contributed by atoms with Gasteiger partial charge in [-0.15, -0.1) is 0 Å². The first-order chi connectivity index (χ1) is 14.7. The SMILES string of the molecule is O=C(CCc1ccc(Cl)c(C(F)(F)F)c1)c1cccc2c(=O)n(C(CO)CO)ccc12. The molecule has 0 bridgehead atoms. The Morgan fingerprint density at radius 3 is 2.42 bits per heavy atom. The van der Waals surface area contributed by atoms with Gasteiger partial charge in [0, 0.05) is 23.6 Å². The summed E-state index contributed by atoms with van der Waals surface area (Å²) >= 11 is 5.63. The number of hydrogen-bond donors (Lipinski definition) is 2. The molecule has 0 spiro atoms. The number of nitrogens with zero attached hydrogens (tertiary/aromatic N) is 1. The number of aliphatic hydroxyl groups excluding tert-OH is 2. The van der Waals surface area contributed by atoms with Gasteiger partial charge in [-0.05, 0) is 41.6 Å². The lowest BCUT2D eigenvalue weighted by atomic mass is 9.97. The monoisotopic (exact) mass is 453 g/mol. The van der Waals surface area contributed by atoms with Crippen LogP contribution in [0.5, 0.6) is 0 Å². The van der Waals surface area contributed by atoms with E-state index in [0.29, 0.717) is 10.9 Å². The number of benzene rings is 2. The van der Waals surface area contributed by atoms with E-state index in [-0.39, 0.29) is 29.6 Å². The Bertz CT molecular complexity index is 1170. The number of aromatic nitrogens is 1. The second-order valence-electron chi connectivity index (χ2n) is 7.05. The number of aliphatic hydroxyl groups is 2. The molecule has 2 N–H and O–H groups in total. The van der Waals surface area contributed by atoms with Crippen LogP contribution >= 0.6 is 11.6 Å². The number of carbonyl (C=O) groups is 1. The second-order valence-corrected chi connectivity index (χ2v) is 7.46. The number of hydrogen-bond acceptors (Lipinski definition) is 4. The highest BCUT2D eigenvalue weighted by atomic mass is 35.5. The van der Waals surface area contributed by atoms with Gasteiger partial charge in [-0.1, -0.05) is 29.8 Å². The Hall–Kier alpha value is -2.68. The highest BCUT2D eigenvalue weighted by Crippen LogP contribution is 2.35. The first-order valence-corrected chi connectivity index (χ1v) is 9.79. The number of halogens is 4. The highest BCUT2D eigenvalue weighted by Gasteiger charge is 2.33. The molecule has 1 heterocycles. The number of carbonyl (C=O) groups excluding carboxylic acids is 1. The molecule has 9 heteroatoms. The van der Waals surface area contributed by atoms with Crippen LogP contribution in [0.2, 0.25) is 5.02 Å². The van der Waals surface area contributed by atoms with E-state index in [2.05, 4.69) is 0 Å². The molecule has 31 heavy (non-hydrogen) atoms. The van der Waals surface area contributed by atoms with Crippen LogP contribution in [-0.4, -0.2) is 33.8 Å². The summed E-state index contributed by atoms with van der Waals surface area (Å²) in [7, 11) is 0. The third-order valence-electron chi connectivity index (χ3n) is 5.07. The maximum atomic E-state index is 13.0. The fourth-order valence-electron chi connectivity index (χ4n) is 3.39. The van der Waals surface area contributed by atoms with Crippen molar-refractivity contribution in [1.82, 2.24) is 4.57 Å². The highest BCUT2D eigenvalue weighted by molar-refractivity contribution is 6.31. The van der Waals surface area contributed by atoms with Crippen LogP contribution in [0.1, 0.15) is 33.9 Å². The van der Waals surface area contributed by atoms with Gasteiger partial charge in [0.15, 0.2) is 5.78 Å². The molecule has 2 aromatic carbocycles. The van der Waals surface area contributed by atoms with Crippen LogP contribution in [0.15, 0.2) is 53.5 Å². The quantitative estimate of drug-likeness (QED) is 0.530. The zero-order valence-corrected chi connectivity index (χ0v) is 17.0. The first-order valence-electron chi connectivity index (χ1n) is 9.41. The van der Waals surface area contributed by atoms with Gasteiger partial charge in [0.1, 0.15) is 0 Å². The van der Waals surface area contributed by atoms with Gasteiger partial charge in [-0.25, -0.2) is 0 Å². The van der Waals surface area contributed by atoms with E-state index in [4.69, 9.17) is 11.6 Å². The number of rotatable bonds is 7. The summed E-state index contributed by atoms with van der Waals surface area (Å²) in [5.41, 5.74) is -0.822. The standard InChI is InChI=1S/C22H19ClF3NO4/c23-19-6-4-13(10-18(19)22(24,25)26)5-7-20(30)16-2-1-3-17-15(16)8-9-27(21(17)31)14(11-28)12-29/h1-4,6,8-10,14,28-29H,5,7,11-12H2. The summed E-state index contributed by atoms with van der Waals surface area (Å²) in [6.45, 7) is -0.858. The number of aryl methyl sites for hydroxylation is 1. The van der Waals surface area contributed by atoms with E-state index >= 15 is 0 Å². The Balaban J connectivity index is 1.88. The van der Waals surface area contributed by atoms with Crippen molar-refractivity contribution >= 4 is 28.2 Å². The van der Waals surface area contributed by atoms with Crippen LogP contribution < -0.4 is 5.56 Å². The molecule has 0 saturated heterocycles. The van der Waals surface area contributed by atoms with E-state index in [1.807, 2.05) is 0 Å². The van der Waals surface area contributed by atoms with Crippen molar-refractivity contribution in [3.63, 3.8) is 0 Å². The summed E-state index contributed by atoms with van der Waals surface area (Å²) in [5.74, 6) is -0.327. The van der Waals surface area contributed by atoms with Gasteiger partial charge in [-0.2, -0.15) is 13.2 Å². The largest absolute Gasteiger partial charge is 0.417 e. The Kier molecular flexibility index (Phi) is 6.83. The van der Waals surface area contributed by atoms with Crippen LogP contribution in [0, 0.1) is 0 Å². The maximum Gasteiger partial charge on any atom is 0.417 e. The molecule has 0 aliphatic rings. The van der Waals surface area contributed by atoms with Crippen LogP contribution in [0.25, 0.3) is 10.8 Å². The molecule has 0 radical (unpaired) electrons. The maximum absolute atomic E-state index is 13.0. The third-order valence-corrected chi connectivity index (χ3v) is 5.39. The molecule has 0 fully saturated rings. The van der Waals surface area contributed by atoms with E-state index < -0.39 is 41.6 Å². The van der Waals surface area contributed by atoms with E-state index in [0.717, 1.165) is 12.1 Å². The molecule has 0 amide bonds. The predicted molar refractivity (Wildman–Crippen MR) is 111 cm³/mol. The molecule has 3 rings (SSSR count). The molecule has 0 aliphatic carbocycles. The first kappa shape index (κ1) is 23.0. The Morgan fingerprint density at radius 2 is 1.77 bits per heavy atom. The smallest absolute Gasteiger partial charge is 0.394 e. The zero-order valence-electron chi connectivity index (χ0n) is 16.2. The average Bonchev–Trinajstić information content (AvgIpc) is 2.74. The molecule has 0 saturated carbocycles. The lowest BCUT2D eigenvalue weighted by molar-refractivity contribution is -0.137. The molecular weight excluding hydrogens is 435 g/mol. The summed E-state index contributed by atoms with van der Waals surface area (Å²) in [6.07, 6.45) is -3.18. The number of Topliss-reactive ketones (excluding diaryl/α,β-unsaturated/α-hetero) is 1. The number of pyridine rings is 1. The lowest BCUT2D eigenvalue weighted by Crippen LogP contribution is -2.29. The van der Waals surface area contributed by atoms with Crippen molar-refractivity contribution in [3.8, 4) is 0 Å². The minimum absolute atomic E-state index is 0.0585. The fourth-order valence-corrected chi connectivity index (χ4v) is 3.62. The van der Waals surface area contributed by atoms with Gasteiger partial charge in [0.25, 0.3) is 5.56 Å². The van der Waals surface area contributed by atoms with Crippen molar-refractivity contribution in [3.05, 3.63) is 80.7 Å². The predicted octanol–water partition coefficient (Wildman–Crippen LogP) is 4.01. The minimum Gasteiger partial charge on any atom is -0.394 e. The fraction of sp³-hybridized carbons (Fsp3) is 0.273. The molecule has 3 aromatic rings. The van der Waals surface area contributed by atoms with Crippen LogP contribution in [-0.2, 0) is 12.6 Å². The van der Waals surface area contributed by atoms with Crippen molar-refractivity contribution in [1.29, 1.82) is 0 Å². The van der Waals surface area contributed by atoms with E-state index in [1.54, 1.807) is 12.1 Å². The molecule has 0 aliphatic heterocycles. The minimum atomic E-state index is -4.59. The Morgan fingerprint density at radius 1 is 1.06 bits per heavy atom. The topological polar surface area (TPSA) is 79.5 Å². The van der Waals surface area contributed by atoms with E-state index in [9.17, 15) is 33.0 Å². The summed E-state index contributed by atoms with van der Waals surface area (Å²) in [4.78, 5) is 25.5. The van der Waals surface area contributed by atoms with Crippen molar-refractivity contribution in [2.24, 2.45) is 0 Å². The van der Waals surface area contributed by atoms with Gasteiger partial charge >= 0.3 is 6.18 Å². The molecule has 0 unspecified atom stereocenters. The van der Waals surface area contributed by atoms with Crippen LogP contribution in [0.4, 0.5) is 13.2 Å².